The number of Topliss-reactive ketones (excluding diaryl/α,β-unsaturated/α-hetero) is 1. The second kappa shape index (κ2) is 9.29. The molecule has 2 aliphatic heterocycles. The number of ether oxygens (including phenoxy) is 2. The summed E-state index contributed by atoms with van der Waals surface area (Å²) in [5.41, 5.74) is 1.96. The van der Waals surface area contributed by atoms with Crippen LogP contribution in [0.2, 0.25) is 0 Å². The Morgan fingerprint density at radius 2 is 1.54 bits per heavy atom. The predicted octanol–water partition coefficient (Wildman–Crippen LogP) is 3.01. The van der Waals surface area contributed by atoms with Gasteiger partial charge >= 0.3 is 0 Å². The first-order valence-corrected chi connectivity index (χ1v) is 10.9. The van der Waals surface area contributed by atoms with Gasteiger partial charge in [0, 0.05) is 36.6 Å². The molecule has 3 heterocycles. The van der Waals surface area contributed by atoms with Crippen molar-refractivity contribution in [3.8, 4) is 0 Å². The molecule has 0 radical (unpaired) electrons. The highest BCUT2D eigenvalue weighted by Crippen LogP contribution is 2.34. The summed E-state index contributed by atoms with van der Waals surface area (Å²) in [5.74, 6) is 0.201. The number of rotatable bonds is 6. The summed E-state index contributed by atoms with van der Waals surface area (Å²) in [6, 6.07) is 12.1. The Bertz CT molecular complexity index is 751. The summed E-state index contributed by atoms with van der Waals surface area (Å²) < 4.78 is 11.2. The Balaban J connectivity index is 1.72. The molecule has 2 atom stereocenters. The SMILES string of the molecule is Cc1ccc(C(=O)C(C(c2cccs2)N2CCOCC2)N2CCOCC2)cc1. The largest absolute Gasteiger partial charge is 0.379 e. The molecular weight excluding hydrogens is 372 g/mol. The zero-order chi connectivity index (χ0) is 19.3. The molecule has 5 nitrogen and oxygen atoms in total. The summed E-state index contributed by atoms with van der Waals surface area (Å²) >= 11 is 1.74. The van der Waals surface area contributed by atoms with Gasteiger partial charge in [0.05, 0.1) is 38.5 Å². The van der Waals surface area contributed by atoms with Crippen molar-refractivity contribution in [3.05, 3.63) is 57.8 Å². The number of carbonyl (C=O) groups is 1. The molecule has 2 fully saturated rings. The third kappa shape index (κ3) is 4.36. The van der Waals surface area contributed by atoms with E-state index in [4.69, 9.17) is 9.47 Å². The van der Waals surface area contributed by atoms with Crippen molar-refractivity contribution in [2.75, 3.05) is 52.6 Å². The molecule has 150 valence electrons. The fraction of sp³-hybridized carbons (Fsp3) is 0.500. The average Bonchev–Trinajstić information content (AvgIpc) is 3.27. The molecule has 6 heteroatoms. The van der Waals surface area contributed by atoms with Crippen LogP contribution in [0.25, 0.3) is 0 Å². The average molecular weight is 401 g/mol. The van der Waals surface area contributed by atoms with Crippen LogP contribution in [0.4, 0.5) is 0 Å². The molecule has 0 saturated carbocycles. The second-order valence-electron chi connectivity index (χ2n) is 7.43. The number of morpholine rings is 2. The van der Waals surface area contributed by atoms with E-state index in [1.165, 1.54) is 10.4 Å². The molecular formula is C22H28N2O3S. The van der Waals surface area contributed by atoms with Crippen molar-refractivity contribution in [1.82, 2.24) is 9.80 Å². The van der Waals surface area contributed by atoms with E-state index in [0.717, 1.165) is 45.0 Å². The highest BCUT2D eigenvalue weighted by atomic mass is 32.1. The van der Waals surface area contributed by atoms with Crippen LogP contribution in [0.5, 0.6) is 0 Å². The maximum absolute atomic E-state index is 13.8. The highest BCUT2D eigenvalue weighted by Gasteiger charge is 2.40. The summed E-state index contributed by atoms with van der Waals surface area (Å²) in [4.78, 5) is 19.8. The fourth-order valence-electron chi connectivity index (χ4n) is 4.10. The van der Waals surface area contributed by atoms with Crippen LogP contribution in [0.3, 0.4) is 0 Å². The highest BCUT2D eigenvalue weighted by molar-refractivity contribution is 7.10. The normalized spacial score (nSPS) is 21.3. The molecule has 4 rings (SSSR count). The van der Waals surface area contributed by atoms with Crippen LogP contribution >= 0.6 is 11.3 Å². The second-order valence-corrected chi connectivity index (χ2v) is 8.41. The molecule has 28 heavy (non-hydrogen) atoms. The van der Waals surface area contributed by atoms with Gasteiger partial charge in [0.2, 0.25) is 0 Å². The van der Waals surface area contributed by atoms with Gasteiger partial charge in [-0.2, -0.15) is 0 Å². The zero-order valence-electron chi connectivity index (χ0n) is 16.4. The first-order chi connectivity index (χ1) is 13.7. The van der Waals surface area contributed by atoms with E-state index in [-0.39, 0.29) is 17.9 Å². The lowest BCUT2D eigenvalue weighted by molar-refractivity contribution is -0.0294. The molecule has 1 aromatic heterocycles. The van der Waals surface area contributed by atoms with Crippen LogP contribution in [0.15, 0.2) is 41.8 Å². The fourth-order valence-corrected chi connectivity index (χ4v) is 4.99. The lowest BCUT2D eigenvalue weighted by atomic mass is 9.93. The van der Waals surface area contributed by atoms with Crippen molar-refractivity contribution in [1.29, 1.82) is 0 Å². The molecule has 2 unspecified atom stereocenters. The monoisotopic (exact) mass is 400 g/mol. The summed E-state index contributed by atoms with van der Waals surface area (Å²) in [6.45, 7) is 8.12. The number of benzene rings is 1. The third-order valence-electron chi connectivity index (χ3n) is 5.62. The number of thiophene rings is 1. The van der Waals surface area contributed by atoms with Gasteiger partial charge in [0.15, 0.2) is 5.78 Å². The van der Waals surface area contributed by atoms with Gasteiger partial charge in [-0.05, 0) is 18.4 Å². The number of ketones is 1. The Morgan fingerprint density at radius 1 is 0.929 bits per heavy atom. The lowest BCUT2D eigenvalue weighted by Gasteiger charge is -2.43. The Kier molecular flexibility index (Phi) is 6.54. The first-order valence-electron chi connectivity index (χ1n) is 10.0. The van der Waals surface area contributed by atoms with Crippen LogP contribution < -0.4 is 0 Å². The van der Waals surface area contributed by atoms with E-state index in [1.807, 2.05) is 24.3 Å². The van der Waals surface area contributed by atoms with Crippen molar-refractivity contribution < 1.29 is 14.3 Å². The van der Waals surface area contributed by atoms with Gasteiger partial charge < -0.3 is 9.47 Å². The maximum atomic E-state index is 13.8. The van der Waals surface area contributed by atoms with Crippen molar-refractivity contribution in [2.45, 2.75) is 19.0 Å². The lowest BCUT2D eigenvalue weighted by Crippen LogP contribution is -2.55. The molecule has 2 saturated heterocycles. The number of nitrogens with zero attached hydrogens (tertiary/aromatic N) is 2. The molecule has 2 aromatic rings. The smallest absolute Gasteiger partial charge is 0.181 e. The quantitative estimate of drug-likeness (QED) is 0.698. The van der Waals surface area contributed by atoms with Crippen LogP contribution in [0, 0.1) is 6.92 Å². The Morgan fingerprint density at radius 3 is 2.11 bits per heavy atom. The maximum Gasteiger partial charge on any atom is 0.181 e. The number of hydrogen-bond acceptors (Lipinski definition) is 6. The predicted molar refractivity (Wildman–Crippen MR) is 111 cm³/mol. The summed E-state index contributed by atoms with van der Waals surface area (Å²) in [6.07, 6.45) is 0. The minimum atomic E-state index is -0.219. The van der Waals surface area contributed by atoms with Gasteiger partial charge in [0.1, 0.15) is 0 Å². The van der Waals surface area contributed by atoms with E-state index in [2.05, 4.69) is 34.2 Å². The van der Waals surface area contributed by atoms with Crippen LogP contribution in [-0.2, 0) is 9.47 Å². The Labute approximate surface area is 170 Å². The molecule has 2 aliphatic rings. The Hall–Kier alpha value is -1.57. The molecule has 1 aromatic carbocycles. The molecule has 0 spiro atoms. The molecule has 0 aliphatic carbocycles. The van der Waals surface area contributed by atoms with E-state index >= 15 is 0 Å². The van der Waals surface area contributed by atoms with Gasteiger partial charge in [-0.1, -0.05) is 35.9 Å². The number of hydrogen-bond donors (Lipinski definition) is 0. The minimum absolute atomic E-state index is 0.0378. The zero-order valence-corrected chi connectivity index (χ0v) is 17.2. The minimum Gasteiger partial charge on any atom is -0.379 e. The van der Waals surface area contributed by atoms with Gasteiger partial charge in [0.25, 0.3) is 0 Å². The van der Waals surface area contributed by atoms with E-state index < -0.39 is 0 Å². The van der Waals surface area contributed by atoms with Gasteiger partial charge in [-0.3, -0.25) is 14.6 Å². The van der Waals surface area contributed by atoms with E-state index in [1.54, 1.807) is 11.3 Å². The van der Waals surface area contributed by atoms with Crippen LogP contribution in [-0.4, -0.2) is 74.2 Å². The van der Waals surface area contributed by atoms with E-state index in [9.17, 15) is 4.79 Å². The number of aryl methyl sites for hydroxylation is 1. The standard InChI is InChI=1S/C22H28N2O3S/c1-17-4-6-18(7-5-17)22(25)21(24-10-14-27-15-11-24)20(19-3-2-16-28-19)23-8-12-26-13-9-23/h2-7,16,20-21H,8-15H2,1H3. The molecule has 0 bridgehead atoms. The van der Waals surface area contributed by atoms with Gasteiger partial charge in [-0.25, -0.2) is 0 Å². The van der Waals surface area contributed by atoms with Crippen molar-refractivity contribution >= 4 is 17.1 Å². The van der Waals surface area contributed by atoms with E-state index in [0.29, 0.717) is 13.2 Å². The third-order valence-corrected chi connectivity index (χ3v) is 6.56. The topological polar surface area (TPSA) is 42.0 Å². The first kappa shape index (κ1) is 19.7. The summed E-state index contributed by atoms with van der Waals surface area (Å²) in [5, 5.41) is 2.11. The van der Waals surface area contributed by atoms with Crippen molar-refractivity contribution in [3.63, 3.8) is 0 Å². The van der Waals surface area contributed by atoms with Crippen LogP contribution in [0.1, 0.15) is 26.8 Å². The molecule has 0 amide bonds. The number of carbonyl (C=O) groups excluding carboxylic acids is 1. The van der Waals surface area contributed by atoms with Crippen molar-refractivity contribution in [2.24, 2.45) is 0 Å². The van der Waals surface area contributed by atoms with Gasteiger partial charge in [-0.15, -0.1) is 11.3 Å². The molecule has 0 N–H and O–H groups in total. The summed E-state index contributed by atoms with van der Waals surface area (Å²) in [7, 11) is 0.